The van der Waals surface area contributed by atoms with Gasteiger partial charge in [0.25, 0.3) is 0 Å². The van der Waals surface area contributed by atoms with Crippen LogP contribution >= 0.6 is 11.9 Å². The van der Waals surface area contributed by atoms with Gasteiger partial charge in [-0.15, -0.1) is 0 Å². The van der Waals surface area contributed by atoms with Crippen molar-refractivity contribution in [2.24, 2.45) is 0 Å². The Labute approximate surface area is 118 Å². The molecule has 2 aromatic rings. The van der Waals surface area contributed by atoms with E-state index in [0.717, 1.165) is 30.3 Å². The lowest BCUT2D eigenvalue weighted by Gasteiger charge is -2.30. The maximum absolute atomic E-state index is 5.74. The largest absolute Gasteiger partial charge is 0.444 e. The summed E-state index contributed by atoms with van der Waals surface area (Å²) >= 11 is 1.80. The smallest absolute Gasteiger partial charge is 0.191 e. The Kier molecular flexibility index (Phi) is 3.37. The molecule has 0 amide bonds. The maximum Gasteiger partial charge on any atom is 0.191 e. The van der Waals surface area contributed by atoms with Gasteiger partial charge >= 0.3 is 0 Å². The zero-order valence-corrected chi connectivity index (χ0v) is 12.3. The van der Waals surface area contributed by atoms with Crippen molar-refractivity contribution in [1.29, 1.82) is 0 Å². The molecule has 3 rings (SSSR count). The van der Waals surface area contributed by atoms with Crippen LogP contribution in [0, 0.1) is 13.8 Å². The van der Waals surface area contributed by atoms with Gasteiger partial charge in [0.05, 0.1) is 11.7 Å². The van der Waals surface area contributed by atoms with E-state index in [9.17, 15) is 0 Å². The van der Waals surface area contributed by atoms with Crippen molar-refractivity contribution < 1.29 is 4.42 Å². The van der Waals surface area contributed by atoms with E-state index in [0.29, 0.717) is 0 Å². The number of rotatable bonds is 2. The number of oxazole rings is 1. The van der Waals surface area contributed by atoms with Gasteiger partial charge in [-0.25, -0.2) is 9.29 Å². The van der Waals surface area contributed by atoms with Crippen LogP contribution in [0.2, 0.25) is 0 Å². The summed E-state index contributed by atoms with van der Waals surface area (Å²) in [5.74, 6) is 1.81. The number of aromatic nitrogens is 1. The van der Waals surface area contributed by atoms with Gasteiger partial charge < -0.3 is 4.42 Å². The first kappa shape index (κ1) is 12.8. The fraction of sp³-hybridized carbons (Fsp3) is 0.400. The lowest BCUT2D eigenvalue weighted by Crippen LogP contribution is -2.27. The quantitative estimate of drug-likeness (QED) is 0.776. The molecule has 0 aliphatic carbocycles. The molecular formula is C15H18N2OS. The van der Waals surface area contributed by atoms with Gasteiger partial charge in [-0.3, -0.25) is 0 Å². The Hall–Kier alpha value is -1.26. The Balaban J connectivity index is 1.78. The fourth-order valence-corrected chi connectivity index (χ4v) is 3.36. The van der Waals surface area contributed by atoms with E-state index in [-0.39, 0.29) is 6.04 Å². The van der Waals surface area contributed by atoms with E-state index >= 15 is 0 Å². The van der Waals surface area contributed by atoms with E-state index in [2.05, 4.69) is 47.4 Å². The molecule has 0 saturated carbocycles. The van der Waals surface area contributed by atoms with E-state index < -0.39 is 0 Å². The van der Waals surface area contributed by atoms with Crippen molar-refractivity contribution in [3.05, 3.63) is 47.2 Å². The number of benzene rings is 1. The second-order valence-electron chi connectivity index (χ2n) is 5.01. The monoisotopic (exact) mass is 274 g/mol. The van der Waals surface area contributed by atoms with E-state index in [4.69, 9.17) is 4.42 Å². The maximum atomic E-state index is 5.74. The molecule has 100 valence electrons. The molecule has 0 N–H and O–H groups in total. The number of nitrogens with zero attached hydrogens (tertiary/aromatic N) is 2. The highest BCUT2D eigenvalue weighted by molar-refractivity contribution is 7.97. The molecule has 1 aliphatic rings. The molecule has 0 bridgehead atoms. The average molecular weight is 274 g/mol. The third-order valence-corrected chi connectivity index (χ3v) is 4.67. The second kappa shape index (κ2) is 5.02. The Morgan fingerprint density at radius 1 is 1.26 bits per heavy atom. The molecule has 2 heterocycles. The summed E-state index contributed by atoms with van der Waals surface area (Å²) in [6.45, 7) is 7.23. The molecule has 1 aromatic heterocycles. The van der Waals surface area contributed by atoms with Gasteiger partial charge in [0.15, 0.2) is 5.89 Å². The molecule has 4 heteroatoms. The first-order valence-corrected chi connectivity index (χ1v) is 7.38. The van der Waals surface area contributed by atoms with Gasteiger partial charge in [-0.1, -0.05) is 17.7 Å². The van der Waals surface area contributed by atoms with Crippen LogP contribution in [0.4, 0.5) is 0 Å². The van der Waals surface area contributed by atoms with E-state index in [1.807, 2.05) is 6.92 Å². The van der Waals surface area contributed by atoms with Gasteiger partial charge in [0.2, 0.25) is 0 Å². The van der Waals surface area contributed by atoms with Gasteiger partial charge in [-0.05, 0) is 37.9 Å². The summed E-state index contributed by atoms with van der Waals surface area (Å²) in [7, 11) is 0. The Bertz CT molecular complexity index is 576. The Morgan fingerprint density at radius 2 is 2.00 bits per heavy atom. The van der Waals surface area contributed by atoms with E-state index in [1.54, 1.807) is 11.9 Å². The lowest BCUT2D eigenvalue weighted by atomic mass is 10.1. The normalized spacial score (nSPS) is 19.4. The van der Waals surface area contributed by atoms with Crippen LogP contribution in [-0.4, -0.2) is 15.8 Å². The molecule has 1 atom stereocenters. The second-order valence-corrected chi connectivity index (χ2v) is 6.14. The minimum Gasteiger partial charge on any atom is -0.444 e. The molecule has 19 heavy (non-hydrogen) atoms. The van der Waals surface area contributed by atoms with Crippen LogP contribution in [0.5, 0.6) is 0 Å². The minimum atomic E-state index is 0.274. The number of aryl methyl sites for hydroxylation is 2. The summed E-state index contributed by atoms with van der Waals surface area (Å²) in [5, 5.41) is 0. The van der Waals surface area contributed by atoms with Crippen molar-refractivity contribution in [2.75, 3.05) is 6.54 Å². The first-order chi connectivity index (χ1) is 9.13. The molecule has 1 aliphatic heterocycles. The zero-order chi connectivity index (χ0) is 13.4. The van der Waals surface area contributed by atoms with Crippen molar-refractivity contribution in [3.63, 3.8) is 0 Å². The van der Waals surface area contributed by atoms with Crippen molar-refractivity contribution in [3.8, 4) is 0 Å². The highest BCUT2D eigenvalue weighted by Gasteiger charge is 2.29. The topological polar surface area (TPSA) is 29.3 Å². The molecule has 3 nitrogen and oxygen atoms in total. The van der Waals surface area contributed by atoms with Crippen molar-refractivity contribution in [1.82, 2.24) is 9.29 Å². The van der Waals surface area contributed by atoms with Crippen LogP contribution < -0.4 is 0 Å². The average Bonchev–Trinajstić information content (AvgIpc) is 2.77. The molecule has 0 spiro atoms. The molecule has 0 radical (unpaired) electrons. The van der Waals surface area contributed by atoms with Gasteiger partial charge in [0, 0.05) is 24.8 Å². The first-order valence-electron chi connectivity index (χ1n) is 6.61. The SMILES string of the molecule is Cc1ccc(SN2CCc3nc(C)oc3C2C)cc1. The molecular weight excluding hydrogens is 256 g/mol. The summed E-state index contributed by atoms with van der Waals surface area (Å²) in [4.78, 5) is 5.73. The van der Waals surface area contributed by atoms with Crippen molar-refractivity contribution >= 4 is 11.9 Å². The van der Waals surface area contributed by atoms with Gasteiger partial charge in [0.1, 0.15) is 5.76 Å². The van der Waals surface area contributed by atoms with E-state index in [1.165, 1.54) is 10.5 Å². The van der Waals surface area contributed by atoms with Crippen LogP contribution in [0.3, 0.4) is 0 Å². The standard InChI is InChI=1S/C15H18N2OS/c1-10-4-6-13(7-5-10)19-17-9-8-14-15(11(17)2)18-12(3)16-14/h4-7,11H,8-9H2,1-3H3. The van der Waals surface area contributed by atoms with Crippen LogP contribution in [-0.2, 0) is 6.42 Å². The van der Waals surface area contributed by atoms with Crippen LogP contribution in [0.25, 0.3) is 0 Å². The third kappa shape index (κ3) is 2.55. The highest BCUT2D eigenvalue weighted by Crippen LogP contribution is 2.37. The predicted molar refractivity (Wildman–Crippen MR) is 77.1 cm³/mol. The summed E-state index contributed by atoms with van der Waals surface area (Å²) in [6, 6.07) is 8.93. The third-order valence-electron chi connectivity index (χ3n) is 3.46. The highest BCUT2D eigenvalue weighted by atomic mass is 32.2. The minimum absolute atomic E-state index is 0.274. The van der Waals surface area contributed by atoms with Crippen molar-refractivity contribution in [2.45, 2.75) is 38.1 Å². The zero-order valence-electron chi connectivity index (χ0n) is 11.5. The lowest BCUT2D eigenvalue weighted by molar-refractivity contribution is 0.300. The summed E-state index contributed by atoms with van der Waals surface area (Å²) in [5.41, 5.74) is 2.43. The Morgan fingerprint density at radius 3 is 2.74 bits per heavy atom. The molecule has 1 aromatic carbocycles. The fourth-order valence-electron chi connectivity index (χ4n) is 2.39. The van der Waals surface area contributed by atoms with Crippen LogP contribution in [0.15, 0.2) is 33.6 Å². The number of hydrogen-bond acceptors (Lipinski definition) is 4. The molecule has 0 fully saturated rings. The number of hydrogen-bond donors (Lipinski definition) is 0. The molecule has 0 saturated heterocycles. The van der Waals surface area contributed by atoms with Crippen LogP contribution in [0.1, 0.15) is 35.9 Å². The molecule has 1 unspecified atom stereocenters. The van der Waals surface area contributed by atoms with Gasteiger partial charge in [-0.2, -0.15) is 0 Å². The summed E-state index contributed by atoms with van der Waals surface area (Å²) < 4.78 is 8.11. The number of fused-ring (bicyclic) bond motifs is 1. The predicted octanol–water partition coefficient (Wildman–Crippen LogP) is 3.92. The summed E-state index contributed by atoms with van der Waals surface area (Å²) in [6.07, 6.45) is 0.968.